The zero-order valence-corrected chi connectivity index (χ0v) is 16.4. The summed E-state index contributed by atoms with van der Waals surface area (Å²) < 4.78 is 26.1. The van der Waals surface area contributed by atoms with Crippen LogP contribution >= 0.6 is 11.3 Å². The van der Waals surface area contributed by atoms with Crippen LogP contribution in [0.5, 0.6) is 0 Å². The van der Waals surface area contributed by atoms with Gasteiger partial charge in [-0.2, -0.15) is 0 Å². The smallest absolute Gasteiger partial charge is 0.269 e. The summed E-state index contributed by atoms with van der Waals surface area (Å²) in [5.41, 5.74) is 1.28. The van der Waals surface area contributed by atoms with Gasteiger partial charge in [0, 0.05) is 5.69 Å². The van der Waals surface area contributed by atoms with Crippen molar-refractivity contribution >= 4 is 38.9 Å². The lowest BCUT2D eigenvalue weighted by atomic mass is 10.2. The molecule has 4 rings (SSSR count). The molecule has 0 unspecified atom stereocenters. The van der Waals surface area contributed by atoms with E-state index in [0.717, 1.165) is 15.6 Å². The van der Waals surface area contributed by atoms with Crippen molar-refractivity contribution in [1.82, 2.24) is 9.29 Å². The summed E-state index contributed by atoms with van der Waals surface area (Å²) in [5, 5.41) is 3.15. The van der Waals surface area contributed by atoms with Gasteiger partial charge in [0.05, 0.1) is 17.8 Å². The van der Waals surface area contributed by atoms with Crippen molar-refractivity contribution in [1.29, 1.82) is 0 Å². The van der Waals surface area contributed by atoms with E-state index in [1.165, 1.54) is 12.1 Å². The van der Waals surface area contributed by atoms with Gasteiger partial charge in [-0.3, -0.25) is 9.59 Å². The number of anilines is 1. The summed E-state index contributed by atoms with van der Waals surface area (Å²) in [5.74, 6) is -0.912. The Balaban J connectivity index is 1.58. The van der Waals surface area contributed by atoms with E-state index in [1.54, 1.807) is 31.2 Å². The molecule has 0 bridgehead atoms. The van der Waals surface area contributed by atoms with Crippen LogP contribution in [0.4, 0.5) is 5.69 Å². The van der Waals surface area contributed by atoms with Crippen molar-refractivity contribution in [2.75, 3.05) is 5.32 Å². The zero-order valence-electron chi connectivity index (χ0n) is 14.7. The molecule has 0 atom stereocenters. The number of rotatable bonds is 4. The van der Waals surface area contributed by atoms with Gasteiger partial charge in [0.25, 0.3) is 21.8 Å². The van der Waals surface area contributed by atoms with Gasteiger partial charge in [0.2, 0.25) is 0 Å². The minimum atomic E-state index is -3.92. The van der Waals surface area contributed by atoms with Crippen LogP contribution in [0.25, 0.3) is 0 Å². The number of nitrogens with one attached hydrogen (secondary N) is 1. The second-order valence-corrected chi connectivity index (χ2v) is 9.07. The molecule has 7 nitrogen and oxygen atoms in total. The Morgan fingerprint density at radius 3 is 2.50 bits per heavy atom. The number of thiazole rings is 1. The van der Waals surface area contributed by atoms with Gasteiger partial charge < -0.3 is 5.32 Å². The van der Waals surface area contributed by atoms with Gasteiger partial charge in [-0.15, -0.1) is 11.3 Å². The predicted octanol–water partition coefficient (Wildman–Crippen LogP) is 3.05. The Labute approximate surface area is 165 Å². The maximum absolute atomic E-state index is 12.7. The standard InChI is InChI=1S/C19H15N3O4S2/c1-12-17(18(23)21-13-7-3-2-4-8-13)27-16(20-12)11-22-19(24)14-9-5-6-10-15(14)28(22,25)26/h2-10H,11H2,1H3,(H,21,23). The normalized spacial score (nSPS) is 14.8. The van der Waals surface area contributed by atoms with E-state index >= 15 is 0 Å². The van der Waals surface area contributed by atoms with E-state index < -0.39 is 15.9 Å². The maximum Gasteiger partial charge on any atom is 0.269 e. The Bertz CT molecular complexity index is 1190. The van der Waals surface area contributed by atoms with Crippen molar-refractivity contribution in [3.05, 3.63) is 75.7 Å². The molecule has 1 aromatic heterocycles. The quantitative estimate of drug-likeness (QED) is 0.709. The van der Waals surface area contributed by atoms with Gasteiger partial charge in [-0.1, -0.05) is 30.3 Å². The number of fused-ring (bicyclic) bond motifs is 1. The molecule has 2 amide bonds. The molecule has 28 heavy (non-hydrogen) atoms. The van der Waals surface area contributed by atoms with Gasteiger partial charge in [-0.05, 0) is 31.2 Å². The highest BCUT2D eigenvalue weighted by Crippen LogP contribution is 2.32. The number of benzene rings is 2. The molecule has 1 aliphatic rings. The molecular formula is C19H15N3O4S2. The topological polar surface area (TPSA) is 96.4 Å². The van der Waals surface area contributed by atoms with Gasteiger partial charge in [0.15, 0.2) is 0 Å². The zero-order chi connectivity index (χ0) is 19.9. The van der Waals surface area contributed by atoms with Crippen LogP contribution in [-0.4, -0.2) is 29.5 Å². The first kappa shape index (κ1) is 18.3. The molecule has 0 saturated carbocycles. The van der Waals surface area contributed by atoms with E-state index in [4.69, 9.17) is 0 Å². The number of amides is 2. The number of hydrogen-bond acceptors (Lipinski definition) is 6. The second-order valence-electron chi connectivity index (χ2n) is 6.16. The number of sulfonamides is 1. The number of para-hydroxylation sites is 1. The van der Waals surface area contributed by atoms with Crippen molar-refractivity contribution in [3.8, 4) is 0 Å². The van der Waals surface area contributed by atoms with Crippen molar-refractivity contribution < 1.29 is 18.0 Å². The fourth-order valence-corrected chi connectivity index (χ4v) is 5.51. The third kappa shape index (κ3) is 3.08. The number of carbonyl (C=O) groups is 2. The Morgan fingerprint density at radius 1 is 1.11 bits per heavy atom. The number of aryl methyl sites for hydroxylation is 1. The minimum Gasteiger partial charge on any atom is -0.321 e. The van der Waals surface area contributed by atoms with Crippen molar-refractivity contribution in [3.63, 3.8) is 0 Å². The van der Waals surface area contributed by atoms with Crippen LogP contribution in [-0.2, 0) is 16.6 Å². The van der Waals surface area contributed by atoms with Crippen LogP contribution in [0.3, 0.4) is 0 Å². The first-order valence-electron chi connectivity index (χ1n) is 8.37. The molecule has 0 aliphatic carbocycles. The maximum atomic E-state index is 12.7. The molecule has 0 fully saturated rings. The molecule has 0 saturated heterocycles. The van der Waals surface area contributed by atoms with Gasteiger partial charge >= 0.3 is 0 Å². The molecule has 2 aromatic carbocycles. The van der Waals surface area contributed by atoms with Crippen LogP contribution < -0.4 is 5.32 Å². The summed E-state index contributed by atoms with van der Waals surface area (Å²) in [7, 11) is -3.92. The molecule has 3 aromatic rings. The molecule has 1 N–H and O–H groups in total. The van der Waals surface area contributed by atoms with E-state index in [0.29, 0.717) is 21.3 Å². The first-order valence-corrected chi connectivity index (χ1v) is 10.6. The van der Waals surface area contributed by atoms with Crippen LogP contribution in [0.15, 0.2) is 59.5 Å². The third-order valence-electron chi connectivity index (χ3n) is 4.27. The van der Waals surface area contributed by atoms with Crippen molar-refractivity contribution in [2.45, 2.75) is 18.4 Å². The van der Waals surface area contributed by atoms with Crippen molar-refractivity contribution in [2.24, 2.45) is 0 Å². The number of nitrogens with zero attached hydrogens (tertiary/aromatic N) is 2. The Morgan fingerprint density at radius 2 is 1.79 bits per heavy atom. The lowest BCUT2D eigenvalue weighted by molar-refractivity contribution is 0.0864. The predicted molar refractivity (Wildman–Crippen MR) is 105 cm³/mol. The largest absolute Gasteiger partial charge is 0.321 e. The SMILES string of the molecule is Cc1nc(CN2C(=O)c3ccccc3S2(=O)=O)sc1C(=O)Nc1ccccc1. The molecule has 9 heteroatoms. The van der Waals surface area contributed by atoms with Gasteiger partial charge in [-0.25, -0.2) is 17.7 Å². The van der Waals surface area contributed by atoms with Gasteiger partial charge in [0.1, 0.15) is 14.8 Å². The van der Waals surface area contributed by atoms with E-state index in [-0.39, 0.29) is 22.9 Å². The second kappa shape index (κ2) is 6.84. The highest BCUT2D eigenvalue weighted by atomic mass is 32.2. The monoisotopic (exact) mass is 413 g/mol. The summed E-state index contributed by atoms with van der Waals surface area (Å²) in [6, 6.07) is 15.1. The number of aromatic nitrogens is 1. The van der Waals surface area contributed by atoms with E-state index in [9.17, 15) is 18.0 Å². The van der Waals surface area contributed by atoms with Crippen LogP contribution in [0.1, 0.15) is 30.7 Å². The molecular weight excluding hydrogens is 398 g/mol. The molecule has 0 spiro atoms. The Kier molecular flexibility index (Phi) is 4.48. The summed E-state index contributed by atoms with van der Waals surface area (Å²) >= 11 is 1.07. The Hall–Kier alpha value is -3.04. The first-order chi connectivity index (χ1) is 13.4. The molecule has 0 radical (unpaired) electrons. The highest BCUT2D eigenvalue weighted by Gasteiger charge is 2.41. The molecule has 142 valence electrons. The molecule has 1 aliphatic heterocycles. The third-order valence-corrected chi connectivity index (χ3v) is 7.20. The minimum absolute atomic E-state index is 0.00433. The van der Waals surface area contributed by atoms with E-state index in [1.807, 2.05) is 18.2 Å². The van der Waals surface area contributed by atoms with E-state index in [2.05, 4.69) is 10.3 Å². The average molecular weight is 413 g/mol. The van der Waals surface area contributed by atoms with Crippen LogP contribution in [0.2, 0.25) is 0 Å². The average Bonchev–Trinajstić information content (AvgIpc) is 3.14. The fourth-order valence-electron chi connectivity index (χ4n) is 2.95. The lowest BCUT2D eigenvalue weighted by Crippen LogP contribution is -2.29. The molecule has 2 heterocycles. The van der Waals surface area contributed by atoms with Crippen LogP contribution in [0, 0.1) is 6.92 Å². The summed E-state index contributed by atoms with van der Waals surface area (Å²) in [4.78, 5) is 29.7. The highest BCUT2D eigenvalue weighted by molar-refractivity contribution is 7.90. The number of hydrogen-bond donors (Lipinski definition) is 1. The lowest BCUT2D eigenvalue weighted by Gasteiger charge is -2.12. The number of carbonyl (C=O) groups excluding carboxylic acids is 2. The summed E-state index contributed by atoms with van der Waals surface area (Å²) in [6.07, 6.45) is 0. The fraction of sp³-hybridized carbons (Fsp3) is 0.105. The summed E-state index contributed by atoms with van der Waals surface area (Å²) in [6.45, 7) is 1.47.